The van der Waals surface area contributed by atoms with Crippen LogP contribution < -0.4 is 10.6 Å². The van der Waals surface area contributed by atoms with Crippen LogP contribution >= 0.6 is 0 Å². The molecule has 0 fully saturated rings. The van der Waals surface area contributed by atoms with Crippen LogP contribution in [0.4, 0.5) is 11.8 Å². The molecular weight excluding hydrogens is 242 g/mol. The summed E-state index contributed by atoms with van der Waals surface area (Å²) in [5.41, 5.74) is 0.959. The molecular formula is C13H25N5O. The second-order valence-corrected chi connectivity index (χ2v) is 4.47. The molecule has 1 aromatic heterocycles. The molecule has 0 aromatic carbocycles. The van der Waals surface area contributed by atoms with Crippen LogP contribution in [0.25, 0.3) is 0 Å². The first-order chi connectivity index (χ1) is 9.15. The molecule has 1 aromatic rings. The lowest BCUT2D eigenvalue weighted by molar-refractivity contribution is 0.163. The van der Waals surface area contributed by atoms with E-state index in [-0.39, 0.29) is 0 Å². The first kappa shape index (κ1) is 15.7. The van der Waals surface area contributed by atoms with Gasteiger partial charge in [-0.15, -0.1) is 0 Å². The molecule has 0 amide bonds. The zero-order valence-corrected chi connectivity index (χ0v) is 12.4. The zero-order chi connectivity index (χ0) is 14.1. The van der Waals surface area contributed by atoms with Crippen LogP contribution in [-0.4, -0.2) is 61.8 Å². The number of ether oxygens (including phenoxy) is 1. The molecule has 6 nitrogen and oxygen atoms in total. The lowest BCUT2D eigenvalue weighted by atomic mass is 10.4. The Hall–Kier alpha value is -1.40. The number of methoxy groups -OCH3 is 1. The Labute approximate surface area is 115 Å². The Morgan fingerprint density at radius 1 is 1.26 bits per heavy atom. The molecule has 19 heavy (non-hydrogen) atoms. The average Bonchev–Trinajstić information content (AvgIpc) is 2.36. The summed E-state index contributed by atoms with van der Waals surface area (Å²) < 4.78 is 5.04. The summed E-state index contributed by atoms with van der Waals surface area (Å²) in [7, 11) is 3.80. The van der Waals surface area contributed by atoms with Crippen LogP contribution in [0.2, 0.25) is 0 Å². The fourth-order valence-electron chi connectivity index (χ4n) is 1.63. The Kier molecular flexibility index (Phi) is 7.14. The molecule has 0 radical (unpaired) electrons. The Morgan fingerprint density at radius 2 is 2.05 bits per heavy atom. The molecule has 0 spiro atoms. The van der Waals surface area contributed by atoms with E-state index in [9.17, 15) is 0 Å². The SMILES string of the molecule is CCNc1nc(C)cc(NCCN(C)CCOC)n1. The molecule has 0 atom stereocenters. The normalized spacial score (nSPS) is 10.8. The van der Waals surface area contributed by atoms with Crippen LogP contribution in [-0.2, 0) is 4.74 Å². The van der Waals surface area contributed by atoms with Crippen molar-refractivity contribution in [3.05, 3.63) is 11.8 Å². The monoisotopic (exact) mass is 267 g/mol. The standard InChI is InChI=1S/C13H25N5O/c1-5-14-13-16-11(2)10-12(17-13)15-6-7-18(3)8-9-19-4/h10H,5-9H2,1-4H3,(H2,14,15,16,17). The van der Waals surface area contributed by atoms with Crippen LogP contribution in [0.15, 0.2) is 6.07 Å². The molecule has 0 aliphatic heterocycles. The molecule has 108 valence electrons. The highest BCUT2D eigenvalue weighted by atomic mass is 16.5. The molecule has 0 bridgehead atoms. The quantitative estimate of drug-likeness (QED) is 0.701. The van der Waals surface area contributed by atoms with E-state index < -0.39 is 0 Å². The topological polar surface area (TPSA) is 62.3 Å². The van der Waals surface area contributed by atoms with E-state index in [4.69, 9.17) is 4.74 Å². The van der Waals surface area contributed by atoms with Gasteiger partial charge in [-0.05, 0) is 20.9 Å². The lowest BCUT2D eigenvalue weighted by Crippen LogP contribution is -2.28. The minimum Gasteiger partial charge on any atom is -0.383 e. The predicted octanol–water partition coefficient (Wildman–Crippen LogP) is 1.21. The number of likely N-dealkylation sites (N-methyl/N-ethyl adjacent to an activating group) is 1. The predicted molar refractivity (Wildman–Crippen MR) is 78.8 cm³/mol. The summed E-state index contributed by atoms with van der Waals surface area (Å²) in [5.74, 6) is 1.54. The van der Waals surface area contributed by atoms with Crippen LogP contribution in [0, 0.1) is 6.92 Å². The van der Waals surface area contributed by atoms with Crippen molar-refractivity contribution >= 4 is 11.8 Å². The number of hydrogen-bond acceptors (Lipinski definition) is 6. The van der Waals surface area contributed by atoms with Crippen molar-refractivity contribution in [2.75, 3.05) is 57.6 Å². The van der Waals surface area contributed by atoms with E-state index in [1.165, 1.54) is 0 Å². The Balaban J connectivity index is 2.40. The molecule has 0 saturated carbocycles. The highest BCUT2D eigenvalue weighted by Gasteiger charge is 2.02. The van der Waals surface area contributed by atoms with Gasteiger partial charge in [0.15, 0.2) is 0 Å². The molecule has 0 aliphatic carbocycles. The molecule has 6 heteroatoms. The first-order valence-electron chi connectivity index (χ1n) is 6.66. The molecule has 1 heterocycles. The van der Waals surface area contributed by atoms with Crippen molar-refractivity contribution in [2.24, 2.45) is 0 Å². The van der Waals surface area contributed by atoms with Crippen molar-refractivity contribution < 1.29 is 4.74 Å². The van der Waals surface area contributed by atoms with Crippen LogP contribution in [0.1, 0.15) is 12.6 Å². The second-order valence-electron chi connectivity index (χ2n) is 4.47. The van der Waals surface area contributed by atoms with E-state index in [0.717, 1.165) is 44.3 Å². The van der Waals surface area contributed by atoms with E-state index in [2.05, 4.69) is 32.5 Å². The third-order valence-electron chi connectivity index (χ3n) is 2.67. The maximum atomic E-state index is 5.04. The first-order valence-corrected chi connectivity index (χ1v) is 6.66. The van der Waals surface area contributed by atoms with E-state index in [0.29, 0.717) is 5.95 Å². The van der Waals surface area contributed by atoms with Gasteiger partial charge < -0.3 is 20.3 Å². The number of nitrogens with one attached hydrogen (secondary N) is 2. The summed E-state index contributed by atoms with van der Waals surface area (Å²) in [6.07, 6.45) is 0. The van der Waals surface area contributed by atoms with Gasteiger partial charge in [0, 0.05) is 45.0 Å². The summed E-state index contributed by atoms with van der Waals surface area (Å²) in [5, 5.41) is 6.44. The number of aromatic nitrogens is 2. The van der Waals surface area contributed by atoms with Gasteiger partial charge in [0.05, 0.1) is 6.61 Å². The smallest absolute Gasteiger partial charge is 0.224 e. The number of anilines is 2. The summed E-state index contributed by atoms with van der Waals surface area (Å²) in [6, 6.07) is 1.95. The van der Waals surface area contributed by atoms with Crippen molar-refractivity contribution in [3.63, 3.8) is 0 Å². The van der Waals surface area contributed by atoms with Gasteiger partial charge in [0.25, 0.3) is 0 Å². The Morgan fingerprint density at radius 3 is 2.74 bits per heavy atom. The van der Waals surface area contributed by atoms with E-state index in [1.54, 1.807) is 7.11 Å². The van der Waals surface area contributed by atoms with E-state index in [1.807, 2.05) is 19.9 Å². The number of nitrogens with zero attached hydrogens (tertiary/aromatic N) is 3. The van der Waals surface area contributed by atoms with Crippen LogP contribution in [0.3, 0.4) is 0 Å². The van der Waals surface area contributed by atoms with Gasteiger partial charge in [-0.25, -0.2) is 4.98 Å². The lowest BCUT2D eigenvalue weighted by Gasteiger charge is -2.16. The van der Waals surface area contributed by atoms with Gasteiger partial charge in [-0.3, -0.25) is 0 Å². The van der Waals surface area contributed by atoms with Crippen molar-refractivity contribution in [1.82, 2.24) is 14.9 Å². The molecule has 0 saturated heterocycles. The maximum Gasteiger partial charge on any atom is 0.224 e. The number of rotatable bonds is 9. The summed E-state index contributed by atoms with van der Waals surface area (Å²) >= 11 is 0. The minimum absolute atomic E-state index is 0.678. The van der Waals surface area contributed by atoms with Gasteiger partial charge in [-0.1, -0.05) is 0 Å². The highest BCUT2D eigenvalue weighted by molar-refractivity contribution is 5.42. The summed E-state index contributed by atoms with van der Waals surface area (Å²) in [4.78, 5) is 10.9. The third-order valence-corrected chi connectivity index (χ3v) is 2.67. The second kappa shape index (κ2) is 8.66. The van der Waals surface area contributed by atoms with Gasteiger partial charge in [-0.2, -0.15) is 4.98 Å². The van der Waals surface area contributed by atoms with Gasteiger partial charge in [0.1, 0.15) is 5.82 Å². The van der Waals surface area contributed by atoms with Crippen molar-refractivity contribution in [1.29, 1.82) is 0 Å². The highest BCUT2D eigenvalue weighted by Crippen LogP contribution is 2.08. The average molecular weight is 267 g/mol. The number of aryl methyl sites for hydroxylation is 1. The van der Waals surface area contributed by atoms with Crippen molar-refractivity contribution in [3.8, 4) is 0 Å². The minimum atomic E-state index is 0.678. The van der Waals surface area contributed by atoms with Gasteiger partial charge in [0.2, 0.25) is 5.95 Å². The maximum absolute atomic E-state index is 5.04. The largest absolute Gasteiger partial charge is 0.383 e. The molecule has 0 unspecified atom stereocenters. The van der Waals surface area contributed by atoms with Gasteiger partial charge >= 0.3 is 0 Å². The van der Waals surface area contributed by atoms with Crippen LogP contribution in [0.5, 0.6) is 0 Å². The molecule has 1 rings (SSSR count). The fraction of sp³-hybridized carbons (Fsp3) is 0.692. The van der Waals surface area contributed by atoms with E-state index >= 15 is 0 Å². The number of hydrogen-bond donors (Lipinski definition) is 2. The Bertz CT molecular complexity index is 372. The third kappa shape index (κ3) is 6.35. The summed E-state index contributed by atoms with van der Waals surface area (Å²) in [6.45, 7) is 8.31. The zero-order valence-electron chi connectivity index (χ0n) is 12.4. The van der Waals surface area contributed by atoms with Crippen molar-refractivity contribution in [2.45, 2.75) is 13.8 Å². The fourth-order valence-corrected chi connectivity index (χ4v) is 1.63. The molecule has 2 N–H and O–H groups in total. The molecule has 0 aliphatic rings.